The summed E-state index contributed by atoms with van der Waals surface area (Å²) in [4.78, 5) is 26.6. The first kappa shape index (κ1) is 21.1. The van der Waals surface area contributed by atoms with Gasteiger partial charge in [-0.25, -0.2) is 4.98 Å². The summed E-state index contributed by atoms with van der Waals surface area (Å²) in [7, 11) is 5.31. The maximum absolute atomic E-state index is 13.0. The van der Waals surface area contributed by atoms with Crippen LogP contribution in [0.25, 0.3) is 16.9 Å². The number of aromatic nitrogens is 4. The molecule has 0 unspecified atom stereocenters. The zero-order valence-corrected chi connectivity index (χ0v) is 18.2. The van der Waals surface area contributed by atoms with Gasteiger partial charge in [0.15, 0.2) is 0 Å². The van der Waals surface area contributed by atoms with E-state index in [0.29, 0.717) is 34.4 Å². The van der Waals surface area contributed by atoms with Gasteiger partial charge in [-0.05, 0) is 37.7 Å². The lowest BCUT2D eigenvalue weighted by atomic mass is 10.1. The van der Waals surface area contributed by atoms with E-state index in [1.807, 2.05) is 0 Å². The minimum absolute atomic E-state index is 0.238. The van der Waals surface area contributed by atoms with E-state index in [4.69, 9.17) is 9.47 Å². The highest BCUT2D eigenvalue weighted by molar-refractivity contribution is 5.66. The van der Waals surface area contributed by atoms with E-state index < -0.39 is 0 Å². The third kappa shape index (κ3) is 4.80. The second-order valence-corrected chi connectivity index (χ2v) is 7.71. The number of fused-ring (bicyclic) bond motifs is 1. The number of likely N-dealkylation sites (N-methyl/N-ethyl adjacent to an activating group) is 1. The van der Waals surface area contributed by atoms with E-state index in [0.717, 1.165) is 45.7 Å². The fourth-order valence-electron chi connectivity index (χ4n) is 3.68. The van der Waals surface area contributed by atoms with E-state index in [9.17, 15) is 4.79 Å². The predicted octanol–water partition coefficient (Wildman–Crippen LogP) is 1.15. The van der Waals surface area contributed by atoms with Crippen molar-refractivity contribution in [2.45, 2.75) is 6.42 Å². The molecule has 10 nitrogen and oxygen atoms in total. The minimum Gasteiger partial charge on any atom is -0.497 e. The molecule has 1 aliphatic rings. The van der Waals surface area contributed by atoms with Crippen LogP contribution in [0.4, 0.5) is 5.95 Å². The van der Waals surface area contributed by atoms with Crippen molar-refractivity contribution < 1.29 is 9.47 Å². The number of piperazine rings is 1. The van der Waals surface area contributed by atoms with Crippen LogP contribution in [0.2, 0.25) is 0 Å². The molecule has 4 rings (SSSR count). The summed E-state index contributed by atoms with van der Waals surface area (Å²) in [6, 6.07) is 5.32. The topological polar surface area (TPSA) is 100 Å². The Hall–Kier alpha value is -3.11. The number of rotatable bonds is 8. The van der Waals surface area contributed by atoms with Gasteiger partial charge in [-0.3, -0.25) is 9.89 Å². The molecule has 0 saturated carbocycles. The Bertz CT molecular complexity index is 1060. The molecule has 1 fully saturated rings. The summed E-state index contributed by atoms with van der Waals surface area (Å²) in [5.74, 6) is 2.06. The number of methoxy groups -OCH3 is 2. The highest BCUT2D eigenvalue weighted by atomic mass is 16.5. The molecule has 1 saturated heterocycles. The minimum atomic E-state index is -0.238. The monoisotopic (exact) mass is 427 g/mol. The van der Waals surface area contributed by atoms with Crippen molar-refractivity contribution in [3.8, 4) is 22.6 Å². The van der Waals surface area contributed by atoms with Crippen molar-refractivity contribution >= 4 is 11.7 Å². The smallest absolute Gasteiger partial charge is 0.281 e. The molecule has 2 N–H and O–H groups in total. The van der Waals surface area contributed by atoms with Gasteiger partial charge in [-0.1, -0.05) is 0 Å². The molecule has 0 atom stereocenters. The normalized spacial score (nSPS) is 15.3. The summed E-state index contributed by atoms with van der Waals surface area (Å²) in [5.41, 5.74) is 0.859. The van der Waals surface area contributed by atoms with Crippen molar-refractivity contribution in [2.75, 3.05) is 65.9 Å². The highest BCUT2D eigenvalue weighted by Gasteiger charge is 2.14. The molecule has 10 heteroatoms. The van der Waals surface area contributed by atoms with Crippen LogP contribution in [0.3, 0.4) is 0 Å². The van der Waals surface area contributed by atoms with Gasteiger partial charge in [0.05, 0.1) is 19.8 Å². The molecule has 0 spiro atoms. The largest absolute Gasteiger partial charge is 0.497 e. The lowest BCUT2D eigenvalue weighted by Crippen LogP contribution is -2.44. The maximum Gasteiger partial charge on any atom is 0.281 e. The van der Waals surface area contributed by atoms with Gasteiger partial charge < -0.3 is 24.6 Å². The van der Waals surface area contributed by atoms with E-state index in [-0.39, 0.29) is 5.56 Å². The average Bonchev–Trinajstić information content (AvgIpc) is 3.22. The number of nitrogens with one attached hydrogen (secondary N) is 2. The molecule has 1 aliphatic heterocycles. The third-order valence-corrected chi connectivity index (χ3v) is 5.57. The summed E-state index contributed by atoms with van der Waals surface area (Å²) in [6.07, 6.45) is 2.53. The second kappa shape index (κ2) is 9.36. The maximum atomic E-state index is 13.0. The average molecular weight is 428 g/mol. The number of ether oxygens (including phenoxy) is 2. The standard InChI is InChI=1S/C21H29N7O3/c1-26-7-9-27(10-8-26)6-4-5-22-20-24-21-23-14-18(19(29)28(21)25-20)15-11-16(30-2)13-17(12-15)31-3/h11-14H,4-10H2,1-3H3,(H2,22,23,24,25). The Morgan fingerprint density at radius 1 is 1.10 bits per heavy atom. The van der Waals surface area contributed by atoms with E-state index in [1.54, 1.807) is 32.4 Å². The summed E-state index contributed by atoms with van der Waals surface area (Å²) < 4.78 is 12.0. The first-order chi connectivity index (χ1) is 15.1. The molecule has 0 amide bonds. The van der Waals surface area contributed by atoms with Crippen molar-refractivity contribution in [3.05, 3.63) is 34.7 Å². The zero-order chi connectivity index (χ0) is 21.8. The number of aromatic amines is 1. The van der Waals surface area contributed by atoms with E-state index in [1.165, 1.54) is 10.7 Å². The Labute approximate surface area is 180 Å². The van der Waals surface area contributed by atoms with Crippen LogP contribution in [-0.2, 0) is 0 Å². The summed E-state index contributed by atoms with van der Waals surface area (Å²) in [6.45, 7) is 6.26. The third-order valence-electron chi connectivity index (χ3n) is 5.57. The SMILES string of the molecule is COc1cc(OC)cc(-c2cnc3nc(NCCCN4CCN(C)CC4)[nH]n3c2=O)c1. The van der Waals surface area contributed by atoms with Crippen LogP contribution in [0, 0.1) is 0 Å². The van der Waals surface area contributed by atoms with Crippen LogP contribution in [-0.4, -0.2) is 89.9 Å². The Kier molecular flexibility index (Phi) is 6.38. The van der Waals surface area contributed by atoms with E-state index in [2.05, 4.69) is 37.2 Å². The molecule has 31 heavy (non-hydrogen) atoms. The van der Waals surface area contributed by atoms with Gasteiger partial charge in [0.25, 0.3) is 11.3 Å². The molecule has 166 valence electrons. The number of anilines is 1. The molecule has 0 bridgehead atoms. The molecule has 1 aromatic carbocycles. The molecule has 0 radical (unpaired) electrons. The van der Waals surface area contributed by atoms with Gasteiger partial charge in [-0.2, -0.15) is 9.50 Å². The number of hydrogen-bond donors (Lipinski definition) is 2. The van der Waals surface area contributed by atoms with Crippen LogP contribution in [0.15, 0.2) is 29.2 Å². The predicted molar refractivity (Wildman–Crippen MR) is 119 cm³/mol. The van der Waals surface area contributed by atoms with Crippen LogP contribution in [0.5, 0.6) is 11.5 Å². The zero-order valence-electron chi connectivity index (χ0n) is 18.2. The molecular weight excluding hydrogens is 398 g/mol. The second-order valence-electron chi connectivity index (χ2n) is 7.71. The molecule has 3 aromatic rings. The van der Waals surface area contributed by atoms with Crippen LogP contribution >= 0.6 is 0 Å². The Morgan fingerprint density at radius 3 is 2.48 bits per heavy atom. The van der Waals surface area contributed by atoms with Crippen molar-refractivity contribution in [1.82, 2.24) is 29.4 Å². The molecule has 3 heterocycles. The van der Waals surface area contributed by atoms with Gasteiger partial charge in [0.2, 0.25) is 5.95 Å². The molecule has 0 aliphatic carbocycles. The van der Waals surface area contributed by atoms with Gasteiger partial charge in [0, 0.05) is 45.0 Å². The van der Waals surface area contributed by atoms with E-state index >= 15 is 0 Å². The Balaban J connectivity index is 1.45. The Morgan fingerprint density at radius 2 is 1.81 bits per heavy atom. The number of hydrogen-bond acceptors (Lipinski definition) is 8. The summed E-state index contributed by atoms with van der Waals surface area (Å²) in [5, 5.41) is 6.27. The van der Waals surface area contributed by atoms with Crippen molar-refractivity contribution in [3.63, 3.8) is 0 Å². The van der Waals surface area contributed by atoms with Gasteiger partial charge in [0.1, 0.15) is 11.5 Å². The number of H-pyrrole nitrogens is 1. The van der Waals surface area contributed by atoms with Crippen LogP contribution in [0.1, 0.15) is 6.42 Å². The first-order valence-corrected chi connectivity index (χ1v) is 10.4. The molecule has 2 aromatic heterocycles. The lowest BCUT2D eigenvalue weighted by Gasteiger charge is -2.32. The van der Waals surface area contributed by atoms with Gasteiger partial charge in [-0.15, -0.1) is 0 Å². The van der Waals surface area contributed by atoms with Crippen molar-refractivity contribution in [1.29, 1.82) is 0 Å². The lowest BCUT2D eigenvalue weighted by molar-refractivity contribution is 0.154. The number of nitrogens with zero attached hydrogens (tertiary/aromatic N) is 5. The molecular formula is C21H29N7O3. The van der Waals surface area contributed by atoms with Crippen LogP contribution < -0.4 is 20.3 Å². The quantitative estimate of drug-likeness (QED) is 0.517. The van der Waals surface area contributed by atoms with Crippen molar-refractivity contribution in [2.24, 2.45) is 0 Å². The first-order valence-electron chi connectivity index (χ1n) is 10.4. The van der Waals surface area contributed by atoms with Gasteiger partial charge >= 0.3 is 0 Å². The summed E-state index contributed by atoms with van der Waals surface area (Å²) >= 11 is 0. The fraction of sp³-hybridized carbons (Fsp3) is 0.476. The highest BCUT2D eigenvalue weighted by Crippen LogP contribution is 2.27. The fourth-order valence-corrected chi connectivity index (χ4v) is 3.68. The number of benzene rings is 1.